The van der Waals surface area contributed by atoms with Gasteiger partial charge in [-0.15, -0.1) is 12.4 Å². The number of aromatic nitrogens is 2. The Bertz CT molecular complexity index is 937. The van der Waals surface area contributed by atoms with Crippen molar-refractivity contribution in [2.24, 2.45) is 0 Å². The van der Waals surface area contributed by atoms with Gasteiger partial charge >= 0.3 is 6.16 Å². The van der Waals surface area contributed by atoms with Gasteiger partial charge in [0.1, 0.15) is 11.5 Å². The van der Waals surface area contributed by atoms with Gasteiger partial charge in [-0.2, -0.15) is 0 Å². The van der Waals surface area contributed by atoms with Crippen LogP contribution in [0.5, 0.6) is 5.75 Å². The Morgan fingerprint density at radius 1 is 1.30 bits per heavy atom. The maximum Gasteiger partial charge on any atom is 0.511 e. The summed E-state index contributed by atoms with van der Waals surface area (Å²) in [4.78, 5) is 32.6. The third-order valence-corrected chi connectivity index (χ3v) is 5.13. The fourth-order valence-corrected chi connectivity index (χ4v) is 3.52. The van der Waals surface area contributed by atoms with Crippen molar-refractivity contribution in [3.05, 3.63) is 27.5 Å². The molecule has 1 aliphatic carbocycles. The van der Waals surface area contributed by atoms with Crippen molar-refractivity contribution in [1.82, 2.24) is 14.5 Å². The lowest BCUT2D eigenvalue weighted by molar-refractivity contribution is 0.143. The number of hydrogen-bond donors (Lipinski definition) is 1. The van der Waals surface area contributed by atoms with E-state index in [9.17, 15) is 9.59 Å². The molecule has 0 unspecified atom stereocenters. The number of nitrogens with zero attached hydrogens (tertiary/aromatic N) is 4. The van der Waals surface area contributed by atoms with E-state index >= 15 is 0 Å². The summed E-state index contributed by atoms with van der Waals surface area (Å²) in [6.45, 7) is 3.44. The summed E-state index contributed by atoms with van der Waals surface area (Å²) in [5.74, 6) is 0.440. The molecular weight excluding hydrogens is 395 g/mol. The van der Waals surface area contributed by atoms with Gasteiger partial charge in [0.15, 0.2) is 5.75 Å². The lowest BCUT2D eigenvalue weighted by atomic mass is 10.2. The molecule has 8 nitrogen and oxygen atoms in total. The van der Waals surface area contributed by atoms with Gasteiger partial charge in [-0.05, 0) is 26.0 Å². The highest BCUT2D eigenvalue weighted by Crippen LogP contribution is 2.38. The summed E-state index contributed by atoms with van der Waals surface area (Å²) in [5, 5.41) is 9.54. The molecule has 1 aliphatic heterocycles. The Hall–Kier alpha value is -2.03. The number of likely N-dealkylation sites (N-methyl/N-ethyl adjacent to an activating group) is 1. The molecule has 1 saturated heterocycles. The van der Waals surface area contributed by atoms with Gasteiger partial charge in [-0.1, -0.05) is 11.6 Å². The third-order valence-electron chi connectivity index (χ3n) is 4.85. The van der Waals surface area contributed by atoms with E-state index in [1.807, 2.05) is 4.57 Å². The summed E-state index contributed by atoms with van der Waals surface area (Å²) in [7, 11) is 2.07. The van der Waals surface area contributed by atoms with E-state index < -0.39 is 11.6 Å². The number of carboxylic acid groups (broad SMARTS) is 1. The molecule has 2 aromatic heterocycles. The van der Waals surface area contributed by atoms with Crippen molar-refractivity contribution in [2.45, 2.75) is 18.9 Å². The Kier molecular flexibility index (Phi) is 5.50. The zero-order valence-corrected chi connectivity index (χ0v) is 16.3. The predicted octanol–water partition coefficient (Wildman–Crippen LogP) is 2.62. The number of hydrogen-bond acceptors (Lipinski definition) is 6. The molecule has 0 radical (unpaired) electrons. The Morgan fingerprint density at radius 2 is 1.96 bits per heavy atom. The largest absolute Gasteiger partial charge is 0.511 e. The highest BCUT2D eigenvalue weighted by molar-refractivity contribution is 6.33. The highest BCUT2D eigenvalue weighted by atomic mass is 35.5. The second-order valence-electron chi connectivity index (χ2n) is 6.78. The molecule has 2 aromatic rings. The molecular formula is C17H20Cl2N4O4. The van der Waals surface area contributed by atoms with Crippen LogP contribution in [0, 0.1) is 0 Å². The van der Waals surface area contributed by atoms with Crippen LogP contribution in [0.3, 0.4) is 0 Å². The standard InChI is InChI=1S/C17H19ClN4O4.ClH/c1-20-4-6-21(7-5-20)16-12(18)8-11-14(23)13(26-17(24)25)9-22(10-2-3-10)15(11)19-16;/h8-10H,2-7H2,1H3,(H,24,25);1H. The first-order valence-corrected chi connectivity index (χ1v) is 8.91. The van der Waals surface area contributed by atoms with E-state index in [4.69, 9.17) is 21.7 Å². The number of anilines is 1. The van der Waals surface area contributed by atoms with Crippen molar-refractivity contribution in [3.8, 4) is 5.75 Å². The van der Waals surface area contributed by atoms with E-state index in [1.54, 1.807) is 6.07 Å². The molecule has 4 rings (SSSR count). The van der Waals surface area contributed by atoms with Gasteiger partial charge in [0.2, 0.25) is 5.43 Å². The maximum absolute atomic E-state index is 12.6. The Balaban J connectivity index is 0.00000210. The van der Waals surface area contributed by atoms with Crippen molar-refractivity contribution in [1.29, 1.82) is 0 Å². The van der Waals surface area contributed by atoms with E-state index in [1.165, 1.54) is 6.20 Å². The van der Waals surface area contributed by atoms with E-state index in [0.717, 1.165) is 39.0 Å². The topological polar surface area (TPSA) is 87.9 Å². The highest BCUT2D eigenvalue weighted by Gasteiger charge is 2.28. The Morgan fingerprint density at radius 3 is 2.56 bits per heavy atom. The minimum Gasteiger partial charge on any atom is -0.449 e. The molecule has 3 heterocycles. The number of ether oxygens (including phenoxy) is 1. The number of rotatable bonds is 3. The van der Waals surface area contributed by atoms with Crippen LogP contribution < -0.4 is 15.1 Å². The summed E-state index contributed by atoms with van der Waals surface area (Å²) in [5.41, 5.74) is 0.00666. The average molecular weight is 415 g/mol. The maximum atomic E-state index is 12.6. The average Bonchev–Trinajstić information content (AvgIpc) is 3.43. The minimum atomic E-state index is -1.52. The summed E-state index contributed by atoms with van der Waals surface area (Å²) in [6.07, 6.45) is 1.85. The van der Waals surface area contributed by atoms with Crippen LogP contribution in [-0.4, -0.2) is 58.9 Å². The zero-order chi connectivity index (χ0) is 18.4. The Labute approximate surface area is 166 Å². The van der Waals surface area contributed by atoms with Crippen LogP contribution >= 0.6 is 24.0 Å². The fourth-order valence-electron chi connectivity index (χ4n) is 3.25. The molecule has 0 bridgehead atoms. The van der Waals surface area contributed by atoms with Crippen LogP contribution in [0.2, 0.25) is 5.02 Å². The molecule has 146 valence electrons. The normalized spacial score (nSPS) is 17.6. The lowest BCUT2D eigenvalue weighted by Crippen LogP contribution is -2.45. The molecule has 0 atom stereocenters. The molecule has 0 amide bonds. The van der Waals surface area contributed by atoms with E-state index in [0.29, 0.717) is 16.5 Å². The van der Waals surface area contributed by atoms with E-state index in [-0.39, 0.29) is 29.6 Å². The van der Waals surface area contributed by atoms with Crippen LogP contribution in [0.4, 0.5) is 10.6 Å². The second-order valence-corrected chi connectivity index (χ2v) is 7.19. The number of fused-ring (bicyclic) bond motifs is 1. The summed E-state index contributed by atoms with van der Waals surface area (Å²) < 4.78 is 6.50. The van der Waals surface area contributed by atoms with Crippen molar-refractivity contribution < 1.29 is 14.6 Å². The van der Waals surface area contributed by atoms with Crippen LogP contribution in [0.15, 0.2) is 17.1 Å². The first-order valence-electron chi connectivity index (χ1n) is 8.53. The fraction of sp³-hybridized carbons (Fsp3) is 0.471. The zero-order valence-electron chi connectivity index (χ0n) is 14.7. The lowest BCUT2D eigenvalue weighted by Gasteiger charge is -2.33. The first-order chi connectivity index (χ1) is 12.4. The molecule has 2 aliphatic rings. The molecule has 1 N–H and O–H groups in total. The smallest absolute Gasteiger partial charge is 0.449 e. The summed E-state index contributed by atoms with van der Waals surface area (Å²) >= 11 is 6.43. The number of halogens is 2. The molecule has 10 heteroatoms. The van der Waals surface area contributed by atoms with Crippen molar-refractivity contribution in [3.63, 3.8) is 0 Å². The van der Waals surface area contributed by atoms with Gasteiger partial charge < -0.3 is 24.2 Å². The van der Waals surface area contributed by atoms with Gasteiger partial charge in [0, 0.05) is 32.2 Å². The molecule has 2 fully saturated rings. The van der Waals surface area contributed by atoms with Gasteiger partial charge in [0.05, 0.1) is 16.6 Å². The van der Waals surface area contributed by atoms with E-state index in [2.05, 4.69) is 21.6 Å². The molecule has 27 heavy (non-hydrogen) atoms. The number of carbonyl (C=O) groups is 1. The van der Waals surface area contributed by atoms with Crippen LogP contribution in [0.25, 0.3) is 11.0 Å². The van der Waals surface area contributed by atoms with Gasteiger partial charge in [-0.25, -0.2) is 9.78 Å². The van der Waals surface area contributed by atoms with Crippen LogP contribution in [-0.2, 0) is 0 Å². The third kappa shape index (κ3) is 3.83. The SMILES string of the molecule is CN1CCN(c2nc3c(cc2Cl)c(=O)c(OC(=O)O)cn3C2CC2)CC1.Cl. The molecule has 0 spiro atoms. The number of piperazine rings is 1. The van der Waals surface area contributed by atoms with Crippen molar-refractivity contribution >= 4 is 47.0 Å². The minimum absolute atomic E-state index is 0. The van der Waals surface area contributed by atoms with Gasteiger partial charge in [-0.3, -0.25) is 4.79 Å². The first kappa shape index (κ1) is 19.7. The molecule has 0 aromatic carbocycles. The quantitative estimate of drug-likeness (QED) is 0.771. The monoisotopic (exact) mass is 414 g/mol. The van der Waals surface area contributed by atoms with Crippen LogP contribution in [0.1, 0.15) is 18.9 Å². The van der Waals surface area contributed by atoms with Gasteiger partial charge in [0.25, 0.3) is 0 Å². The second kappa shape index (κ2) is 7.53. The number of pyridine rings is 2. The predicted molar refractivity (Wildman–Crippen MR) is 105 cm³/mol. The summed E-state index contributed by atoms with van der Waals surface area (Å²) in [6, 6.07) is 1.77. The molecule has 1 saturated carbocycles. The van der Waals surface area contributed by atoms with Crippen molar-refractivity contribution in [2.75, 3.05) is 38.1 Å².